The largest absolute Gasteiger partial charge is 0.481 e. The molecule has 53 heavy (non-hydrogen) atoms. The highest BCUT2D eigenvalue weighted by Crippen LogP contribution is 2.24. The van der Waals surface area contributed by atoms with E-state index in [-0.39, 0.29) is 18.8 Å². The highest BCUT2D eigenvalue weighted by Gasteiger charge is 2.44. The Morgan fingerprint density at radius 1 is 0.906 bits per heavy atom. The first kappa shape index (κ1) is 43.0. The molecule has 2 fully saturated rings. The van der Waals surface area contributed by atoms with Crippen molar-refractivity contribution in [3.63, 3.8) is 0 Å². The number of aliphatic hydroxyl groups excluding tert-OH is 1. The molecule has 0 saturated carbocycles. The summed E-state index contributed by atoms with van der Waals surface area (Å²) in [7, 11) is 0. The molecule has 2 aliphatic heterocycles. The summed E-state index contributed by atoms with van der Waals surface area (Å²) in [6, 6.07) is 0.673. The fraction of sp³-hybridized carbons (Fsp3) is 0.658. The van der Waals surface area contributed by atoms with Gasteiger partial charge in [-0.1, -0.05) is 43.7 Å². The van der Waals surface area contributed by atoms with Gasteiger partial charge in [0.25, 0.3) is 0 Å². The van der Waals surface area contributed by atoms with Crippen LogP contribution in [0.1, 0.15) is 91.7 Å². The second-order valence-corrected chi connectivity index (χ2v) is 16.0. The standard InChI is InChI=1S/C38H58N6O9/c1-20(2)16-26-29(46)18-25(19-30(47)48)33(49)42-31(23(5)45)36(52)39-22(4)32(37(53)43-38(6,7)8)44-15-9-10-28(44)35(51)41-27(34(50)40-26)17-24-13-11-21(3)12-14-24/h11-14,20,22-23,25-28,31-32,45H,9-10,15-19H2,1-8H3,(H,39,52)(H,40,50)(H,41,51)(H,42,49)(H,43,53)(H,47,48)/t22-,23-,25+,26+,27-,28+,31+,32+/m1/s1. The van der Waals surface area contributed by atoms with E-state index < -0.39 is 108 Å². The van der Waals surface area contributed by atoms with E-state index in [2.05, 4.69) is 26.6 Å². The van der Waals surface area contributed by atoms with Crippen LogP contribution in [0.2, 0.25) is 0 Å². The Hall–Kier alpha value is -4.37. The molecule has 15 heteroatoms. The van der Waals surface area contributed by atoms with E-state index in [9.17, 15) is 43.8 Å². The van der Waals surface area contributed by atoms with Gasteiger partial charge in [-0.25, -0.2) is 0 Å². The summed E-state index contributed by atoms with van der Waals surface area (Å²) in [5, 5.41) is 34.0. The fourth-order valence-corrected chi connectivity index (χ4v) is 6.89. The minimum absolute atomic E-state index is 0.0817. The van der Waals surface area contributed by atoms with E-state index in [1.807, 2.05) is 45.0 Å². The lowest BCUT2D eigenvalue weighted by molar-refractivity contribution is -0.143. The number of rotatable bonds is 8. The van der Waals surface area contributed by atoms with Gasteiger partial charge in [0.2, 0.25) is 29.5 Å². The molecule has 0 aromatic heterocycles. The SMILES string of the molecule is Cc1ccc(C[C@H]2NC(=O)[C@@H]3CCCN3[C@H](C(=O)NC(C)(C)C)[C@@H](C)NC(=O)[C@H]([C@@H](C)O)NC(=O)[C@H](CC(=O)O)CC(=O)[C@H](CC(C)C)NC2=O)cc1. The summed E-state index contributed by atoms with van der Waals surface area (Å²) in [6.45, 7) is 14.1. The van der Waals surface area contributed by atoms with Crippen molar-refractivity contribution in [2.24, 2.45) is 11.8 Å². The van der Waals surface area contributed by atoms with Crippen molar-refractivity contribution in [2.75, 3.05) is 6.54 Å². The Labute approximate surface area is 311 Å². The van der Waals surface area contributed by atoms with E-state index in [1.165, 1.54) is 6.92 Å². The average molecular weight is 743 g/mol. The third-order valence-corrected chi connectivity index (χ3v) is 9.47. The Bertz CT molecular complexity index is 1510. The summed E-state index contributed by atoms with van der Waals surface area (Å²) in [6.07, 6.45) is -1.66. The first-order chi connectivity index (χ1) is 24.7. The minimum Gasteiger partial charge on any atom is -0.481 e. The number of carboxylic acid groups (broad SMARTS) is 1. The van der Waals surface area contributed by atoms with Gasteiger partial charge in [-0.05, 0) is 78.8 Å². The lowest BCUT2D eigenvalue weighted by Crippen LogP contribution is -2.65. The van der Waals surface area contributed by atoms with Gasteiger partial charge in [-0.2, -0.15) is 0 Å². The highest BCUT2D eigenvalue weighted by atomic mass is 16.4. The summed E-state index contributed by atoms with van der Waals surface area (Å²) in [5.41, 5.74) is 1.07. The molecule has 0 radical (unpaired) electrons. The van der Waals surface area contributed by atoms with E-state index in [1.54, 1.807) is 32.6 Å². The van der Waals surface area contributed by atoms with Crippen LogP contribution in [-0.4, -0.2) is 111 Å². The maximum atomic E-state index is 14.2. The van der Waals surface area contributed by atoms with Crippen LogP contribution in [0.5, 0.6) is 0 Å². The first-order valence-corrected chi connectivity index (χ1v) is 18.4. The van der Waals surface area contributed by atoms with Crippen molar-refractivity contribution in [3.8, 4) is 0 Å². The van der Waals surface area contributed by atoms with Crippen LogP contribution in [0.4, 0.5) is 0 Å². The second-order valence-electron chi connectivity index (χ2n) is 16.0. The lowest BCUT2D eigenvalue weighted by Gasteiger charge is -2.38. The molecule has 5 amide bonds. The number of carboxylic acids is 1. The summed E-state index contributed by atoms with van der Waals surface area (Å²) in [5.74, 6) is -6.94. The molecule has 0 aliphatic carbocycles. The Kier molecular flexibility index (Phi) is 15.1. The number of fused-ring (bicyclic) bond motifs is 1. The van der Waals surface area contributed by atoms with Gasteiger partial charge >= 0.3 is 5.97 Å². The smallest absolute Gasteiger partial charge is 0.304 e. The van der Waals surface area contributed by atoms with E-state index >= 15 is 0 Å². The van der Waals surface area contributed by atoms with Crippen LogP contribution in [0, 0.1) is 18.8 Å². The number of nitrogens with one attached hydrogen (secondary N) is 5. The van der Waals surface area contributed by atoms with E-state index in [0.717, 1.165) is 11.1 Å². The van der Waals surface area contributed by atoms with Gasteiger partial charge in [0.15, 0.2) is 5.78 Å². The molecule has 2 saturated heterocycles. The number of Topliss-reactive ketones (excluding diaryl/α,β-unsaturated/α-hetero) is 1. The molecule has 8 atom stereocenters. The van der Waals surface area contributed by atoms with Crippen LogP contribution < -0.4 is 26.6 Å². The number of carbonyl (C=O) groups excluding carboxylic acids is 6. The number of hydrogen-bond donors (Lipinski definition) is 7. The van der Waals surface area contributed by atoms with Crippen LogP contribution >= 0.6 is 0 Å². The number of amides is 5. The number of aliphatic hydroxyl groups is 1. The summed E-state index contributed by atoms with van der Waals surface area (Å²) in [4.78, 5) is 96.9. The number of nitrogens with zero attached hydrogens (tertiary/aromatic N) is 1. The normalized spacial score (nSPS) is 27.7. The maximum absolute atomic E-state index is 14.2. The van der Waals surface area contributed by atoms with Crippen LogP contribution in [0.15, 0.2) is 24.3 Å². The average Bonchev–Trinajstić information content (AvgIpc) is 3.50. The quantitative estimate of drug-likeness (QED) is 0.198. The van der Waals surface area contributed by atoms with Gasteiger partial charge in [-0.15, -0.1) is 0 Å². The third-order valence-electron chi connectivity index (χ3n) is 9.47. The predicted octanol–water partition coefficient (Wildman–Crippen LogP) is 0.735. The fourth-order valence-electron chi connectivity index (χ4n) is 6.89. The summed E-state index contributed by atoms with van der Waals surface area (Å²) < 4.78 is 0. The predicted molar refractivity (Wildman–Crippen MR) is 196 cm³/mol. The van der Waals surface area contributed by atoms with Gasteiger partial charge in [0.05, 0.1) is 36.6 Å². The Morgan fingerprint density at radius 2 is 1.53 bits per heavy atom. The molecule has 0 unspecified atom stereocenters. The zero-order chi connectivity index (χ0) is 39.8. The Morgan fingerprint density at radius 3 is 2.09 bits per heavy atom. The second kappa shape index (κ2) is 18.6. The van der Waals surface area contributed by atoms with Crippen molar-refractivity contribution in [1.29, 1.82) is 0 Å². The zero-order valence-corrected chi connectivity index (χ0v) is 32.2. The van der Waals surface area contributed by atoms with Crippen molar-refractivity contribution < 1.29 is 43.8 Å². The van der Waals surface area contributed by atoms with Gasteiger partial charge in [-0.3, -0.25) is 38.5 Å². The molecule has 2 heterocycles. The number of ketones is 1. The maximum Gasteiger partial charge on any atom is 0.304 e. The topological polar surface area (TPSA) is 223 Å². The zero-order valence-electron chi connectivity index (χ0n) is 32.2. The van der Waals surface area contributed by atoms with Crippen molar-refractivity contribution in [3.05, 3.63) is 35.4 Å². The van der Waals surface area contributed by atoms with Crippen molar-refractivity contribution in [2.45, 2.75) is 142 Å². The molecule has 294 valence electrons. The van der Waals surface area contributed by atoms with Crippen LogP contribution in [-0.2, 0) is 40.0 Å². The van der Waals surface area contributed by atoms with Crippen molar-refractivity contribution >= 4 is 41.3 Å². The van der Waals surface area contributed by atoms with Crippen LogP contribution in [0.3, 0.4) is 0 Å². The molecule has 2 aliphatic rings. The number of hydrogen-bond acceptors (Lipinski definition) is 9. The molecule has 0 bridgehead atoms. The monoisotopic (exact) mass is 742 g/mol. The molecule has 15 nitrogen and oxygen atoms in total. The first-order valence-electron chi connectivity index (χ1n) is 18.4. The minimum atomic E-state index is -1.58. The van der Waals surface area contributed by atoms with Gasteiger partial charge < -0.3 is 36.8 Å². The van der Waals surface area contributed by atoms with Crippen molar-refractivity contribution in [1.82, 2.24) is 31.5 Å². The summed E-state index contributed by atoms with van der Waals surface area (Å²) >= 11 is 0. The number of carbonyl (C=O) groups is 7. The molecule has 1 aromatic rings. The highest BCUT2D eigenvalue weighted by molar-refractivity contribution is 5.97. The van der Waals surface area contributed by atoms with E-state index in [0.29, 0.717) is 19.4 Å². The molecule has 7 N–H and O–H groups in total. The number of benzene rings is 1. The van der Waals surface area contributed by atoms with Gasteiger partial charge in [0.1, 0.15) is 18.1 Å². The molecule has 1 aromatic carbocycles. The molecular weight excluding hydrogens is 684 g/mol. The third kappa shape index (κ3) is 12.6. The van der Waals surface area contributed by atoms with E-state index in [4.69, 9.17) is 0 Å². The Balaban J connectivity index is 2.16. The number of aliphatic carboxylic acids is 1. The molecule has 0 spiro atoms. The lowest BCUT2D eigenvalue weighted by atomic mass is 9.90. The van der Waals surface area contributed by atoms with Gasteiger partial charge in [0, 0.05) is 18.4 Å². The molecule has 3 rings (SSSR count). The molecular formula is C38H58N6O9. The number of aryl methyl sites for hydroxylation is 1. The van der Waals surface area contributed by atoms with Crippen LogP contribution in [0.25, 0.3) is 0 Å².